The molecule has 14 heavy (non-hydrogen) atoms. The van der Waals surface area contributed by atoms with Crippen LogP contribution in [0, 0.1) is 12.2 Å². The van der Waals surface area contributed by atoms with Gasteiger partial charge in [0.05, 0.1) is 0 Å². The quantitative estimate of drug-likeness (QED) is 0.502. The zero-order valence-electron chi connectivity index (χ0n) is 8.16. The van der Waals surface area contributed by atoms with Crippen LogP contribution in [-0.2, 0) is 26.2 Å². The van der Waals surface area contributed by atoms with Crippen LogP contribution in [-0.4, -0.2) is 7.11 Å². The van der Waals surface area contributed by atoms with Crippen molar-refractivity contribution in [2.24, 2.45) is 0 Å². The number of hydrogen-bond acceptors (Lipinski definition) is 1. The van der Waals surface area contributed by atoms with E-state index in [1.807, 2.05) is 24.3 Å². The van der Waals surface area contributed by atoms with Crippen molar-refractivity contribution in [2.45, 2.75) is 12.8 Å². The maximum Gasteiger partial charge on any atom is 4.00 e. The van der Waals surface area contributed by atoms with Crippen LogP contribution in [0.3, 0.4) is 0 Å². The first-order valence-electron chi connectivity index (χ1n) is 3.84. The molecule has 0 saturated carbocycles. The van der Waals surface area contributed by atoms with Crippen molar-refractivity contribution in [3.05, 3.63) is 48.6 Å². The van der Waals surface area contributed by atoms with Gasteiger partial charge < -0.3 is 17.5 Å². The van der Waals surface area contributed by atoms with Gasteiger partial charge in [0.1, 0.15) is 0 Å². The molecule has 74 valence electrons. The molecule has 2 aliphatic carbocycles. The number of allylic oxidation sites excluding steroid dienone is 8. The zero-order valence-corrected chi connectivity index (χ0v) is 11.4. The Kier molecular flexibility index (Phi) is 26.4. The number of hydrogen-bond donors (Lipinski definition) is 0. The fourth-order valence-corrected chi connectivity index (χ4v) is 0.680. The van der Waals surface area contributed by atoms with Crippen molar-refractivity contribution in [2.75, 3.05) is 7.11 Å². The van der Waals surface area contributed by atoms with Gasteiger partial charge in [-0.2, -0.15) is 19.3 Å². The third kappa shape index (κ3) is 14.6. The van der Waals surface area contributed by atoms with Crippen LogP contribution in [0.2, 0.25) is 0 Å². The van der Waals surface area contributed by atoms with Crippen molar-refractivity contribution < 1.29 is 43.7 Å². The van der Waals surface area contributed by atoms with Crippen LogP contribution in [0.15, 0.2) is 36.5 Å². The minimum Gasteiger partial charge on any atom is -1.00 e. The van der Waals surface area contributed by atoms with E-state index < -0.39 is 0 Å². The summed E-state index contributed by atoms with van der Waals surface area (Å²) in [7, 11) is 0.750. The number of rotatable bonds is 0. The molecule has 3 heteroatoms. The zero-order chi connectivity index (χ0) is 9.07. The fraction of sp³-hybridized carbons (Fsp3) is 0.273. The summed E-state index contributed by atoms with van der Waals surface area (Å²) in [5, 5.41) is 8.25. The molecule has 0 spiro atoms. The summed E-state index contributed by atoms with van der Waals surface area (Å²) in [5.74, 6) is 0. The predicted octanol–water partition coefficient (Wildman–Crippen LogP) is -1.41. The second-order valence-corrected chi connectivity index (χ2v) is 2.01. The first kappa shape index (κ1) is 19.6. The molecule has 1 nitrogen and oxygen atoms in total. The van der Waals surface area contributed by atoms with Gasteiger partial charge in [0, 0.05) is 0 Å². The van der Waals surface area contributed by atoms with Gasteiger partial charge in [0.2, 0.25) is 0 Å². The Hall–Kier alpha value is 0.0931. The minimum absolute atomic E-state index is 0. The van der Waals surface area contributed by atoms with Crippen molar-refractivity contribution in [3.63, 3.8) is 0 Å². The van der Waals surface area contributed by atoms with E-state index in [1.165, 1.54) is 0 Å². The Labute approximate surface area is 112 Å². The Morgan fingerprint density at radius 3 is 1.36 bits per heavy atom. The normalized spacial score (nSPS) is 13.0. The second kappa shape index (κ2) is 18.8. The summed E-state index contributed by atoms with van der Waals surface area (Å²) in [5.41, 5.74) is 0. The first-order chi connectivity index (χ1) is 6.00. The van der Waals surface area contributed by atoms with E-state index in [9.17, 15) is 0 Å². The third-order valence-corrected chi connectivity index (χ3v) is 1.17. The summed E-state index contributed by atoms with van der Waals surface area (Å²) >= 11 is 0. The molecule has 0 aromatic heterocycles. The summed E-state index contributed by atoms with van der Waals surface area (Å²) < 4.78 is 0. The molecule has 0 aromatic carbocycles. The van der Waals surface area contributed by atoms with Gasteiger partial charge in [0.25, 0.3) is 0 Å². The van der Waals surface area contributed by atoms with Gasteiger partial charge in [-0.05, 0) is 0 Å². The molecule has 0 heterocycles. The van der Waals surface area contributed by atoms with Crippen LogP contribution in [0.1, 0.15) is 12.8 Å². The molecule has 0 aliphatic heterocycles. The Morgan fingerprint density at radius 1 is 0.929 bits per heavy atom. The molecule has 0 radical (unpaired) electrons. The van der Waals surface area contributed by atoms with Gasteiger partial charge in [-0.3, -0.25) is 12.2 Å². The van der Waals surface area contributed by atoms with Crippen molar-refractivity contribution in [1.29, 1.82) is 0 Å². The van der Waals surface area contributed by atoms with E-state index in [2.05, 4.69) is 24.3 Å². The maximum atomic E-state index is 8.25. The molecule has 0 bridgehead atoms. The fourth-order valence-electron chi connectivity index (χ4n) is 0.680. The van der Waals surface area contributed by atoms with Gasteiger partial charge in [-0.15, -0.1) is 12.8 Å². The summed E-state index contributed by atoms with van der Waals surface area (Å²) in [4.78, 5) is 0. The van der Waals surface area contributed by atoms with Crippen LogP contribution in [0.4, 0.5) is 0 Å². The largest absolute Gasteiger partial charge is 4.00 e. The topological polar surface area (TPSA) is 23.1 Å². The molecule has 2 aliphatic rings. The predicted molar refractivity (Wildman–Crippen MR) is 49.1 cm³/mol. The minimum atomic E-state index is 0. The van der Waals surface area contributed by atoms with Gasteiger partial charge in [-0.1, -0.05) is 0 Å². The average molecular weight is 288 g/mol. The van der Waals surface area contributed by atoms with Crippen molar-refractivity contribution in [1.82, 2.24) is 0 Å². The second-order valence-electron chi connectivity index (χ2n) is 2.01. The summed E-state index contributed by atoms with van der Waals surface area (Å²) in [6, 6.07) is 0. The van der Waals surface area contributed by atoms with Crippen LogP contribution in [0.25, 0.3) is 0 Å². The van der Waals surface area contributed by atoms with Gasteiger partial charge >= 0.3 is 26.2 Å². The Bertz CT molecular complexity index is 153. The van der Waals surface area contributed by atoms with E-state index in [0.29, 0.717) is 0 Å². The Morgan fingerprint density at radius 2 is 1.29 bits per heavy atom. The van der Waals surface area contributed by atoms with Gasteiger partial charge in [0.15, 0.2) is 0 Å². The Balaban J connectivity index is -0.000000131. The molecule has 0 N–H and O–H groups in total. The molecule has 0 fully saturated rings. The molecule has 2 rings (SSSR count). The van der Waals surface area contributed by atoms with Crippen molar-refractivity contribution >= 4 is 0 Å². The molecule has 0 saturated heterocycles. The number of halogens is 1. The molecule has 0 aromatic rings. The van der Waals surface area contributed by atoms with Crippen LogP contribution < -0.4 is 17.5 Å². The maximum absolute atomic E-state index is 8.25. The summed E-state index contributed by atoms with van der Waals surface area (Å²) in [6.07, 6.45) is 20.0. The van der Waals surface area contributed by atoms with E-state index in [4.69, 9.17) is 5.11 Å². The van der Waals surface area contributed by atoms with Crippen LogP contribution >= 0.6 is 0 Å². The molecule has 0 atom stereocenters. The third-order valence-electron chi connectivity index (χ3n) is 1.17. The molecular weight excluding hydrogens is 275 g/mol. The van der Waals surface area contributed by atoms with E-state index in [-0.39, 0.29) is 38.6 Å². The van der Waals surface area contributed by atoms with Crippen LogP contribution in [0.5, 0.6) is 0 Å². The summed E-state index contributed by atoms with van der Waals surface area (Å²) in [6.45, 7) is 0. The first-order valence-corrected chi connectivity index (χ1v) is 3.84. The SMILES string of the molecule is C[O-].[C-]1=CC=CC1.[C-]1=CC=CC1.[Cl-].[Zr+4]. The standard InChI is InChI=1S/2C5H5.CH3O.ClH.Zr/c2*1-2-4-5-3-1;1-2;;/h2*1-3H,4H2;1H3;1H;/q3*-1;;+4/p-1. The average Bonchev–Trinajstić information content (AvgIpc) is 2.87. The molecular formula is C11H13ClOZr. The smallest absolute Gasteiger partial charge is 1.00 e. The van der Waals surface area contributed by atoms with E-state index in [1.54, 1.807) is 0 Å². The molecule has 0 unspecified atom stereocenters. The van der Waals surface area contributed by atoms with Gasteiger partial charge in [-0.25, -0.2) is 24.3 Å². The molecule has 0 amide bonds. The van der Waals surface area contributed by atoms with E-state index in [0.717, 1.165) is 20.0 Å². The monoisotopic (exact) mass is 286 g/mol. The van der Waals surface area contributed by atoms with E-state index >= 15 is 0 Å². The van der Waals surface area contributed by atoms with Crippen molar-refractivity contribution in [3.8, 4) is 0 Å².